The molecule has 23 heavy (non-hydrogen) atoms. The predicted octanol–water partition coefficient (Wildman–Crippen LogP) is 5.08. The minimum Gasteiger partial charge on any atom is -0.463 e. The second-order valence-corrected chi connectivity index (χ2v) is 5.81. The molecule has 0 saturated carbocycles. The first-order chi connectivity index (χ1) is 11.1. The van der Waals surface area contributed by atoms with E-state index in [1.54, 1.807) is 6.08 Å². The highest BCUT2D eigenvalue weighted by molar-refractivity contribution is 5.96. The highest BCUT2D eigenvalue weighted by Crippen LogP contribution is 2.24. The van der Waals surface area contributed by atoms with E-state index in [1.165, 1.54) is 11.1 Å². The van der Waals surface area contributed by atoms with Crippen molar-refractivity contribution in [2.45, 2.75) is 33.6 Å². The number of carbonyl (C=O) groups is 1. The molecule has 0 radical (unpaired) electrons. The molecule has 0 amide bonds. The lowest BCUT2D eigenvalue weighted by atomic mass is 9.96. The van der Waals surface area contributed by atoms with Gasteiger partial charge in [0.25, 0.3) is 0 Å². The van der Waals surface area contributed by atoms with E-state index < -0.39 is 0 Å². The quantitative estimate of drug-likeness (QED) is 0.422. The topological polar surface area (TPSA) is 26.3 Å². The second kappa shape index (κ2) is 8.33. The molecule has 2 rings (SSSR count). The molecule has 0 bridgehead atoms. The predicted molar refractivity (Wildman–Crippen MR) is 95.3 cm³/mol. The molecule has 2 aromatic rings. The lowest BCUT2D eigenvalue weighted by molar-refractivity contribution is -0.137. The third-order valence-electron chi connectivity index (χ3n) is 3.73. The Morgan fingerprint density at radius 2 is 1.39 bits per heavy atom. The number of unbranched alkanes of at least 4 members (excludes halogenated alkanes) is 1. The normalized spacial score (nSPS) is 10.2. The van der Waals surface area contributed by atoms with E-state index in [0.717, 1.165) is 29.5 Å². The van der Waals surface area contributed by atoms with Crippen LogP contribution in [0.25, 0.3) is 5.57 Å². The average molecular weight is 308 g/mol. The summed E-state index contributed by atoms with van der Waals surface area (Å²) in [5, 5.41) is 0. The van der Waals surface area contributed by atoms with Crippen molar-refractivity contribution < 1.29 is 9.53 Å². The van der Waals surface area contributed by atoms with Crippen LogP contribution in [0.5, 0.6) is 0 Å². The summed E-state index contributed by atoms with van der Waals surface area (Å²) < 4.78 is 5.29. The molecule has 0 N–H and O–H groups in total. The third kappa shape index (κ3) is 5.10. The van der Waals surface area contributed by atoms with Gasteiger partial charge in [-0.05, 0) is 37.0 Å². The van der Waals surface area contributed by atoms with Crippen molar-refractivity contribution in [3.05, 3.63) is 76.9 Å². The van der Waals surface area contributed by atoms with Crippen molar-refractivity contribution in [2.75, 3.05) is 6.61 Å². The number of hydrogen-bond acceptors (Lipinski definition) is 2. The summed E-state index contributed by atoms with van der Waals surface area (Å²) >= 11 is 0. The van der Waals surface area contributed by atoms with Crippen molar-refractivity contribution in [3.63, 3.8) is 0 Å². The molecule has 2 heteroatoms. The molecule has 0 atom stereocenters. The van der Waals surface area contributed by atoms with E-state index in [-0.39, 0.29) is 5.97 Å². The standard InChI is InChI=1S/C21H24O2/c1-4-5-14-23-21(22)15-20(18-10-6-16(2)7-11-18)19-12-8-17(3)9-13-19/h6-13,15H,4-5,14H2,1-3H3. The number of benzene rings is 2. The Labute approximate surface area is 138 Å². The van der Waals surface area contributed by atoms with Crippen molar-refractivity contribution in [1.29, 1.82) is 0 Å². The zero-order valence-corrected chi connectivity index (χ0v) is 14.1. The SMILES string of the molecule is CCCCOC(=O)C=C(c1ccc(C)cc1)c1ccc(C)cc1. The Balaban J connectivity index is 2.32. The minimum atomic E-state index is -0.283. The first kappa shape index (κ1) is 17.0. The van der Waals surface area contributed by atoms with Crippen molar-refractivity contribution in [2.24, 2.45) is 0 Å². The largest absolute Gasteiger partial charge is 0.463 e. The van der Waals surface area contributed by atoms with Crippen LogP contribution >= 0.6 is 0 Å². The maximum absolute atomic E-state index is 12.1. The molecule has 0 fully saturated rings. The Kier molecular flexibility index (Phi) is 6.16. The number of aryl methyl sites for hydroxylation is 2. The maximum atomic E-state index is 12.1. The van der Waals surface area contributed by atoms with Crippen molar-refractivity contribution in [3.8, 4) is 0 Å². The summed E-state index contributed by atoms with van der Waals surface area (Å²) in [5.74, 6) is -0.283. The van der Waals surface area contributed by atoms with Gasteiger partial charge in [0.2, 0.25) is 0 Å². The van der Waals surface area contributed by atoms with Crippen LogP contribution in [0.3, 0.4) is 0 Å². The molecule has 2 aromatic carbocycles. The van der Waals surface area contributed by atoms with Crippen LogP contribution in [0.15, 0.2) is 54.6 Å². The smallest absolute Gasteiger partial charge is 0.331 e. The zero-order valence-electron chi connectivity index (χ0n) is 14.1. The maximum Gasteiger partial charge on any atom is 0.331 e. The van der Waals surface area contributed by atoms with Gasteiger partial charge in [-0.15, -0.1) is 0 Å². The summed E-state index contributed by atoms with van der Waals surface area (Å²) in [7, 11) is 0. The fourth-order valence-electron chi connectivity index (χ4n) is 2.28. The van der Waals surface area contributed by atoms with Crippen molar-refractivity contribution >= 4 is 11.5 Å². The van der Waals surface area contributed by atoms with Crippen LogP contribution in [-0.4, -0.2) is 12.6 Å². The number of ether oxygens (including phenoxy) is 1. The Morgan fingerprint density at radius 1 is 0.913 bits per heavy atom. The Bertz CT molecular complexity index is 616. The van der Waals surface area contributed by atoms with Gasteiger partial charge in [-0.3, -0.25) is 0 Å². The number of rotatable bonds is 6. The molecule has 0 aliphatic carbocycles. The molecular formula is C21H24O2. The minimum absolute atomic E-state index is 0.283. The van der Waals surface area contributed by atoms with Crippen LogP contribution in [0.4, 0.5) is 0 Å². The van der Waals surface area contributed by atoms with E-state index in [1.807, 2.05) is 24.3 Å². The van der Waals surface area contributed by atoms with E-state index in [0.29, 0.717) is 6.61 Å². The van der Waals surface area contributed by atoms with Crippen LogP contribution in [0, 0.1) is 13.8 Å². The van der Waals surface area contributed by atoms with Gasteiger partial charge in [0.15, 0.2) is 0 Å². The van der Waals surface area contributed by atoms with E-state index >= 15 is 0 Å². The second-order valence-electron chi connectivity index (χ2n) is 5.81. The zero-order chi connectivity index (χ0) is 16.7. The summed E-state index contributed by atoms with van der Waals surface area (Å²) in [4.78, 5) is 12.1. The summed E-state index contributed by atoms with van der Waals surface area (Å²) in [6.07, 6.45) is 3.51. The fraction of sp³-hybridized carbons (Fsp3) is 0.286. The fourth-order valence-corrected chi connectivity index (χ4v) is 2.28. The number of esters is 1. The van der Waals surface area contributed by atoms with E-state index in [2.05, 4.69) is 45.0 Å². The first-order valence-corrected chi connectivity index (χ1v) is 8.12. The summed E-state index contributed by atoms with van der Waals surface area (Å²) in [5.41, 5.74) is 5.33. The van der Waals surface area contributed by atoms with Crippen LogP contribution in [0.2, 0.25) is 0 Å². The van der Waals surface area contributed by atoms with Crippen LogP contribution in [0.1, 0.15) is 42.0 Å². The molecule has 0 heterocycles. The van der Waals surface area contributed by atoms with E-state index in [4.69, 9.17) is 4.74 Å². The average Bonchev–Trinajstić information content (AvgIpc) is 2.55. The van der Waals surface area contributed by atoms with Crippen LogP contribution < -0.4 is 0 Å². The summed E-state index contributed by atoms with van der Waals surface area (Å²) in [6.45, 7) is 6.66. The lowest BCUT2D eigenvalue weighted by Crippen LogP contribution is -2.04. The molecule has 0 unspecified atom stereocenters. The van der Waals surface area contributed by atoms with Gasteiger partial charge < -0.3 is 4.74 Å². The summed E-state index contributed by atoms with van der Waals surface area (Å²) in [6, 6.07) is 16.4. The number of carbonyl (C=O) groups excluding carboxylic acids is 1. The third-order valence-corrected chi connectivity index (χ3v) is 3.73. The van der Waals surface area contributed by atoms with Gasteiger partial charge in [0, 0.05) is 6.08 Å². The lowest BCUT2D eigenvalue weighted by Gasteiger charge is -2.10. The number of hydrogen-bond donors (Lipinski definition) is 0. The van der Waals surface area contributed by atoms with E-state index in [9.17, 15) is 4.79 Å². The Morgan fingerprint density at radius 3 is 1.83 bits per heavy atom. The molecule has 2 nitrogen and oxygen atoms in total. The monoisotopic (exact) mass is 308 g/mol. The Hall–Kier alpha value is -2.35. The van der Waals surface area contributed by atoms with Gasteiger partial charge in [0.1, 0.15) is 0 Å². The molecule has 0 aliphatic rings. The molecule has 0 aromatic heterocycles. The molecule has 0 aliphatic heterocycles. The van der Waals surface area contributed by atoms with Gasteiger partial charge in [-0.25, -0.2) is 4.79 Å². The van der Waals surface area contributed by atoms with Crippen LogP contribution in [-0.2, 0) is 9.53 Å². The van der Waals surface area contributed by atoms with Gasteiger partial charge in [-0.2, -0.15) is 0 Å². The molecular weight excluding hydrogens is 284 g/mol. The highest BCUT2D eigenvalue weighted by atomic mass is 16.5. The van der Waals surface area contributed by atoms with Crippen molar-refractivity contribution in [1.82, 2.24) is 0 Å². The van der Waals surface area contributed by atoms with Gasteiger partial charge in [-0.1, -0.05) is 73.0 Å². The first-order valence-electron chi connectivity index (χ1n) is 8.12. The molecule has 0 saturated heterocycles. The van der Waals surface area contributed by atoms with Gasteiger partial charge >= 0.3 is 5.97 Å². The van der Waals surface area contributed by atoms with Gasteiger partial charge in [0.05, 0.1) is 6.61 Å². The highest BCUT2D eigenvalue weighted by Gasteiger charge is 2.09. The molecule has 0 spiro atoms. The molecule has 120 valence electrons.